The third kappa shape index (κ3) is 42.5. The maximum atomic E-state index is 13.1. The van der Waals surface area contributed by atoms with E-state index >= 15 is 0 Å². The number of hydrogen-bond donors (Lipinski definition) is 3. The smallest absolute Gasteiger partial charge is 0.335 e. The van der Waals surface area contributed by atoms with Crippen molar-refractivity contribution in [3.8, 4) is 0 Å². The highest BCUT2D eigenvalue weighted by Crippen LogP contribution is 2.26. The number of aliphatic hydroxyl groups excluding tert-OH is 2. The third-order valence-corrected chi connectivity index (χ3v) is 13.5. The zero-order valence-corrected chi connectivity index (χ0v) is 48.4. The Labute approximate surface area is 467 Å². The molecule has 6 atom stereocenters. The van der Waals surface area contributed by atoms with Gasteiger partial charge < -0.3 is 39.0 Å². The highest BCUT2D eigenvalue weighted by molar-refractivity contribution is 5.74. The maximum absolute atomic E-state index is 13.1. The molecule has 0 aromatic heterocycles. The second-order valence-electron chi connectivity index (χ2n) is 20.6. The molecular formula is C65H108O12. The van der Waals surface area contributed by atoms with Gasteiger partial charge in [0.15, 0.2) is 24.6 Å². The fourth-order valence-corrected chi connectivity index (χ4v) is 8.79. The lowest BCUT2D eigenvalue weighted by Gasteiger charge is -2.40. The molecule has 6 unspecified atom stereocenters. The molecule has 1 heterocycles. The molecule has 3 N–H and O–H groups in total. The molecule has 0 saturated carbocycles. The van der Waals surface area contributed by atoms with Crippen LogP contribution in [0.2, 0.25) is 0 Å². The van der Waals surface area contributed by atoms with E-state index in [1.807, 2.05) is 12.2 Å². The number of aliphatic carboxylic acids is 1. The number of ether oxygens (including phenoxy) is 5. The molecule has 1 aliphatic heterocycles. The molecule has 0 bridgehead atoms. The minimum Gasteiger partial charge on any atom is -0.479 e. The Hall–Kier alpha value is -4.10. The quantitative estimate of drug-likeness (QED) is 0.0228. The number of allylic oxidation sites excluding steroid dienone is 14. The number of carbonyl (C=O) groups is 4. The van der Waals surface area contributed by atoms with E-state index in [0.717, 1.165) is 89.9 Å². The van der Waals surface area contributed by atoms with Crippen LogP contribution < -0.4 is 0 Å². The van der Waals surface area contributed by atoms with Gasteiger partial charge >= 0.3 is 23.9 Å². The Morgan fingerprint density at radius 1 is 0.442 bits per heavy atom. The van der Waals surface area contributed by atoms with E-state index in [1.54, 1.807) is 0 Å². The maximum Gasteiger partial charge on any atom is 0.335 e. The lowest BCUT2D eigenvalue weighted by molar-refractivity contribution is -0.301. The van der Waals surface area contributed by atoms with Gasteiger partial charge in [0, 0.05) is 19.3 Å². The summed E-state index contributed by atoms with van der Waals surface area (Å²) in [6.07, 6.45) is 55.5. The second-order valence-corrected chi connectivity index (χ2v) is 20.6. The minimum absolute atomic E-state index is 0.0202. The topological polar surface area (TPSA) is 175 Å². The summed E-state index contributed by atoms with van der Waals surface area (Å²) in [5.41, 5.74) is 0. The molecule has 12 nitrogen and oxygen atoms in total. The van der Waals surface area contributed by atoms with Gasteiger partial charge in [-0.1, -0.05) is 228 Å². The zero-order valence-electron chi connectivity index (χ0n) is 48.4. The van der Waals surface area contributed by atoms with Crippen molar-refractivity contribution in [2.24, 2.45) is 0 Å². The number of rotatable bonds is 51. The summed E-state index contributed by atoms with van der Waals surface area (Å²) < 4.78 is 28.4. The van der Waals surface area contributed by atoms with Crippen LogP contribution in [0.4, 0.5) is 0 Å². The van der Waals surface area contributed by atoms with Crippen LogP contribution in [-0.2, 0) is 42.9 Å². The predicted octanol–water partition coefficient (Wildman–Crippen LogP) is 15.9. The molecule has 0 amide bonds. The fraction of sp³-hybridized carbons (Fsp3) is 0.723. The van der Waals surface area contributed by atoms with Crippen molar-refractivity contribution in [2.45, 2.75) is 289 Å². The number of carboxylic acid groups (broad SMARTS) is 1. The van der Waals surface area contributed by atoms with E-state index in [2.05, 4.69) is 93.7 Å². The highest BCUT2D eigenvalue weighted by Gasteiger charge is 2.50. The van der Waals surface area contributed by atoms with E-state index in [4.69, 9.17) is 23.7 Å². The Bertz CT molecular complexity index is 1660. The summed E-state index contributed by atoms with van der Waals surface area (Å²) in [6, 6.07) is 0. The summed E-state index contributed by atoms with van der Waals surface area (Å²) in [4.78, 5) is 51.2. The van der Waals surface area contributed by atoms with Gasteiger partial charge in [0.1, 0.15) is 18.8 Å². The van der Waals surface area contributed by atoms with Gasteiger partial charge in [-0.3, -0.25) is 14.4 Å². The number of unbranched alkanes of at least 4 members (excludes halogenated alkanes) is 23. The predicted molar refractivity (Wildman–Crippen MR) is 312 cm³/mol. The molecule has 1 fully saturated rings. The number of hydrogen-bond acceptors (Lipinski definition) is 11. The fourth-order valence-electron chi connectivity index (χ4n) is 8.79. The van der Waals surface area contributed by atoms with Crippen LogP contribution >= 0.6 is 0 Å². The van der Waals surface area contributed by atoms with Crippen LogP contribution in [0.5, 0.6) is 0 Å². The summed E-state index contributed by atoms with van der Waals surface area (Å²) >= 11 is 0. The SMILES string of the molecule is CC/C=C\C/C=C\C/C=C\C/C=C\C/C=C\CCCC(=O)OC1C(OCC(COC(=O)CCCCCCCCC/C=C\C/C=C\CCCCC)OC(=O)CCCCCCCCCCCCCCC)OC(C(=O)O)C(O)C1O. The van der Waals surface area contributed by atoms with Crippen molar-refractivity contribution < 1.29 is 58.2 Å². The van der Waals surface area contributed by atoms with Crippen LogP contribution in [0.3, 0.4) is 0 Å². The number of carboxylic acids is 1. The van der Waals surface area contributed by atoms with Crippen LogP contribution in [0.1, 0.15) is 252 Å². The molecule has 0 aliphatic carbocycles. The van der Waals surface area contributed by atoms with Crippen molar-refractivity contribution in [1.29, 1.82) is 0 Å². The van der Waals surface area contributed by atoms with Gasteiger partial charge in [-0.25, -0.2) is 4.79 Å². The van der Waals surface area contributed by atoms with Crippen molar-refractivity contribution >= 4 is 23.9 Å². The van der Waals surface area contributed by atoms with Crippen LogP contribution in [0.25, 0.3) is 0 Å². The van der Waals surface area contributed by atoms with E-state index < -0.39 is 67.3 Å². The van der Waals surface area contributed by atoms with Crippen LogP contribution in [-0.4, -0.2) is 89.2 Å². The van der Waals surface area contributed by atoms with E-state index in [1.165, 1.54) is 96.3 Å². The molecule has 1 aliphatic rings. The van der Waals surface area contributed by atoms with Crippen molar-refractivity contribution in [2.75, 3.05) is 13.2 Å². The summed E-state index contributed by atoms with van der Waals surface area (Å²) in [5, 5.41) is 31.5. The van der Waals surface area contributed by atoms with Crippen molar-refractivity contribution in [3.63, 3.8) is 0 Å². The molecular weight excluding hydrogens is 973 g/mol. The van der Waals surface area contributed by atoms with Crippen molar-refractivity contribution in [1.82, 2.24) is 0 Å². The molecule has 1 rings (SSSR count). The molecule has 12 heteroatoms. The monoisotopic (exact) mass is 1080 g/mol. The summed E-state index contributed by atoms with van der Waals surface area (Å²) in [7, 11) is 0. The molecule has 0 radical (unpaired) electrons. The molecule has 0 aromatic carbocycles. The minimum atomic E-state index is -1.92. The van der Waals surface area contributed by atoms with Gasteiger partial charge in [0.25, 0.3) is 0 Å². The number of esters is 3. The zero-order chi connectivity index (χ0) is 56.1. The summed E-state index contributed by atoms with van der Waals surface area (Å²) in [6.45, 7) is 5.83. The Morgan fingerprint density at radius 3 is 1.31 bits per heavy atom. The lowest BCUT2D eigenvalue weighted by Crippen LogP contribution is -2.61. The summed E-state index contributed by atoms with van der Waals surface area (Å²) in [5.74, 6) is -3.20. The Kier molecular flexibility index (Phi) is 48.4. The molecule has 1 saturated heterocycles. The average molecular weight is 1080 g/mol. The van der Waals surface area contributed by atoms with Gasteiger partial charge in [-0.15, -0.1) is 0 Å². The number of aliphatic hydroxyl groups is 2. The number of carbonyl (C=O) groups excluding carboxylic acids is 3. The first-order valence-corrected chi connectivity index (χ1v) is 30.6. The van der Waals surface area contributed by atoms with E-state index in [9.17, 15) is 34.5 Å². The Balaban J connectivity index is 2.71. The van der Waals surface area contributed by atoms with Gasteiger partial charge in [-0.2, -0.15) is 0 Å². The van der Waals surface area contributed by atoms with Gasteiger partial charge in [0.05, 0.1) is 6.61 Å². The van der Waals surface area contributed by atoms with Crippen LogP contribution in [0.15, 0.2) is 85.1 Å². The average Bonchev–Trinajstić information content (AvgIpc) is 3.42. The highest BCUT2D eigenvalue weighted by atomic mass is 16.7. The standard InChI is InChI=1S/C65H108O12/c1-4-7-10-13-16-19-22-25-27-29-31-34-36-39-42-45-48-51-57(66)73-54-56(75-58(67)52-49-46-43-40-37-33-24-21-18-15-12-9-6-3)55-74-65-63(61(70)60(69)62(77-65)64(71)72)76-59(68)53-50-47-44-41-38-35-32-30-28-26-23-20-17-14-11-8-5-2/h8,11,16-17,19-20,25-28,32,35,41,44,56,60-63,65,69-70H,4-7,9-10,12-15,18,21-24,29-31,33-34,36-40,42-43,45-55H2,1-3H3,(H,71,72)/b11-8-,19-16-,20-17-,27-25-,28-26-,35-32-,44-41-. The third-order valence-electron chi connectivity index (χ3n) is 13.5. The van der Waals surface area contributed by atoms with Gasteiger partial charge in [-0.05, 0) is 89.9 Å². The first-order chi connectivity index (χ1) is 37.6. The first kappa shape index (κ1) is 70.9. The van der Waals surface area contributed by atoms with Gasteiger partial charge in [0.2, 0.25) is 0 Å². The normalized spacial score (nSPS) is 18.6. The van der Waals surface area contributed by atoms with Crippen molar-refractivity contribution in [3.05, 3.63) is 85.1 Å². The largest absolute Gasteiger partial charge is 0.479 e. The first-order valence-electron chi connectivity index (χ1n) is 30.6. The van der Waals surface area contributed by atoms with E-state index in [0.29, 0.717) is 25.7 Å². The molecule has 77 heavy (non-hydrogen) atoms. The lowest BCUT2D eigenvalue weighted by atomic mass is 9.98. The molecule has 0 aromatic rings. The molecule has 0 spiro atoms. The second kappa shape index (κ2) is 52.6. The van der Waals surface area contributed by atoms with E-state index in [-0.39, 0.29) is 25.9 Å². The van der Waals surface area contributed by atoms with Crippen LogP contribution in [0, 0.1) is 0 Å². The Morgan fingerprint density at radius 2 is 0.831 bits per heavy atom. The molecule has 440 valence electrons.